The smallest absolute Gasteiger partial charge is 0.336 e. The monoisotopic (exact) mass is 383 g/mol. The van der Waals surface area contributed by atoms with E-state index in [1.165, 1.54) is 0 Å². The van der Waals surface area contributed by atoms with Gasteiger partial charge in [0.25, 0.3) is 0 Å². The molecule has 1 aliphatic carbocycles. The zero-order chi connectivity index (χ0) is 19.7. The van der Waals surface area contributed by atoms with Crippen molar-refractivity contribution < 1.29 is 24.2 Å². The maximum atomic E-state index is 13.0. The predicted octanol–water partition coefficient (Wildman–Crippen LogP) is 3.08. The Morgan fingerprint density at radius 3 is 2.75 bits per heavy atom. The topological polar surface area (TPSA) is 84.9 Å². The van der Waals surface area contributed by atoms with Gasteiger partial charge in [-0.2, -0.15) is 0 Å². The van der Waals surface area contributed by atoms with E-state index in [4.69, 9.17) is 9.47 Å². The predicted molar refractivity (Wildman–Crippen MR) is 103 cm³/mol. The van der Waals surface area contributed by atoms with Crippen LogP contribution in [0.15, 0.2) is 46.8 Å². The average molecular weight is 383 g/mol. The largest absolute Gasteiger partial charge is 0.508 e. The van der Waals surface area contributed by atoms with E-state index in [9.17, 15) is 14.7 Å². The second kappa shape index (κ2) is 7.80. The van der Waals surface area contributed by atoms with Crippen LogP contribution in [0.2, 0.25) is 0 Å². The second-order valence-electron chi connectivity index (χ2n) is 7.59. The van der Waals surface area contributed by atoms with E-state index in [-0.39, 0.29) is 24.2 Å². The van der Waals surface area contributed by atoms with Gasteiger partial charge in [0.2, 0.25) is 0 Å². The van der Waals surface area contributed by atoms with Crippen LogP contribution in [-0.2, 0) is 19.1 Å². The van der Waals surface area contributed by atoms with Crippen LogP contribution in [-0.4, -0.2) is 36.2 Å². The summed E-state index contributed by atoms with van der Waals surface area (Å²) in [4.78, 5) is 25.8. The first-order chi connectivity index (χ1) is 13.5. The van der Waals surface area contributed by atoms with Crippen molar-refractivity contribution in [1.82, 2.24) is 5.32 Å². The number of hydrogen-bond donors (Lipinski definition) is 2. The number of benzene rings is 1. The first kappa shape index (κ1) is 18.7. The Kier molecular flexibility index (Phi) is 5.22. The molecule has 0 saturated carbocycles. The molecule has 28 heavy (non-hydrogen) atoms. The van der Waals surface area contributed by atoms with Crippen molar-refractivity contribution in [3.8, 4) is 5.75 Å². The Hall–Kier alpha value is -2.60. The van der Waals surface area contributed by atoms with E-state index in [1.54, 1.807) is 24.3 Å². The maximum absolute atomic E-state index is 13.0. The summed E-state index contributed by atoms with van der Waals surface area (Å²) in [5.41, 5.74) is 3.50. The molecule has 2 aliphatic heterocycles. The van der Waals surface area contributed by atoms with E-state index < -0.39 is 11.9 Å². The van der Waals surface area contributed by atoms with E-state index >= 15 is 0 Å². The van der Waals surface area contributed by atoms with Crippen LogP contribution in [0, 0.1) is 0 Å². The molecule has 148 valence electrons. The fourth-order valence-corrected chi connectivity index (χ4v) is 4.28. The molecule has 1 aromatic rings. The molecule has 1 fully saturated rings. The number of phenols is 1. The van der Waals surface area contributed by atoms with Gasteiger partial charge in [-0.25, -0.2) is 4.79 Å². The number of Topliss-reactive ketones (excluding diaryl/α,β-unsaturated/α-hetero) is 1. The van der Waals surface area contributed by atoms with Crippen molar-refractivity contribution >= 4 is 11.8 Å². The quantitative estimate of drug-likeness (QED) is 0.778. The number of esters is 1. The fraction of sp³-hybridized carbons (Fsp3) is 0.455. The lowest BCUT2D eigenvalue weighted by Gasteiger charge is -2.34. The lowest BCUT2D eigenvalue weighted by Crippen LogP contribution is -2.35. The van der Waals surface area contributed by atoms with E-state index in [1.807, 2.05) is 6.92 Å². The van der Waals surface area contributed by atoms with Gasteiger partial charge in [0.15, 0.2) is 5.78 Å². The summed E-state index contributed by atoms with van der Waals surface area (Å²) in [5, 5.41) is 12.9. The molecule has 2 heterocycles. The lowest BCUT2D eigenvalue weighted by molar-refractivity contribution is -0.142. The van der Waals surface area contributed by atoms with Crippen molar-refractivity contribution in [2.45, 2.75) is 51.0 Å². The van der Waals surface area contributed by atoms with Crippen LogP contribution in [0.1, 0.15) is 50.5 Å². The van der Waals surface area contributed by atoms with Crippen molar-refractivity contribution in [2.24, 2.45) is 0 Å². The minimum atomic E-state index is -0.485. The van der Waals surface area contributed by atoms with Crippen molar-refractivity contribution in [1.29, 1.82) is 0 Å². The van der Waals surface area contributed by atoms with Crippen LogP contribution in [0.25, 0.3) is 0 Å². The number of phenolic OH excluding ortho intramolecular Hbond substituents is 1. The Bertz CT molecular complexity index is 846. The number of dihydropyridines is 1. The summed E-state index contributed by atoms with van der Waals surface area (Å²) in [6.07, 6.45) is 3.88. The number of allylic oxidation sites excluding steroid dienone is 3. The number of ether oxygens (including phenoxy) is 2. The zero-order valence-electron chi connectivity index (χ0n) is 16.0. The van der Waals surface area contributed by atoms with Gasteiger partial charge < -0.3 is 19.9 Å². The number of carbonyl (C=O) groups is 2. The molecule has 0 bridgehead atoms. The van der Waals surface area contributed by atoms with E-state index in [2.05, 4.69) is 5.32 Å². The van der Waals surface area contributed by atoms with Crippen LogP contribution in [0.5, 0.6) is 5.75 Å². The third-order valence-electron chi connectivity index (χ3n) is 5.65. The summed E-state index contributed by atoms with van der Waals surface area (Å²) < 4.78 is 11.1. The molecule has 0 radical (unpaired) electrons. The van der Waals surface area contributed by atoms with Gasteiger partial charge >= 0.3 is 5.97 Å². The molecule has 2 N–H and O–H groups in total. The summed E-state index contributed by atoms with van der Waals surface area (Å²) >= 11 is 0. The molecule has 0 aromatic heterocycles. The standard InChI is InChI=1S/C22H25NO5/c1-13-19(22(26)28-12-16-4-3-11-27-16)20(14-7-9-15(24)10-8-14)21-17(23-13)5-2-6-18(21)25/h7-10,16,20,23-24H,2-6,11-12H2,1H3/t16-,20-/m0/s1. The Morgan fingerprint density at radius 2 is 2.04 bits per heavy atom. The molecule has 6 nitrogen and oxygen atoms in total. The summed E-state index contributed by atoms with van der Waals surface area (Å²) in [6, 6.07) is 6.68. The molecule has 0 unspecified atom stereocenters. The minimum Gasteiger partial charge on any atom is -0.508 e. The average Bonchev–Trinajstić information content (AvgIpc) is 3.19. The highest BCUT2D eigenvalue weighted by Gasteiger charge is 2.39. The number of rotatable bonds is 4. The third kappa shape index (κ3) is 3.56. The van der Waals surface area contributed by atoms with Gasteiger partial charge in [0.05, 0.1) is 11.7 Å². The molecule has 2 atom stereocenters. The van der Waals surface area contributed by atoms with Gasteiger partial charge in [-0.15, -0.1) is 0 Å². The van der Waals surface area contributed by atoms with Crippen molar-refractivity contribution in [3.63, 3.8) is 0 Å². The Morgan fingerprint density at radius 1 is 1.25 bits per heavy atom. The highest BCUT2D eigenvalue weighted by Crippen LogP contribution is 2.42. The third-order valence-corrected chi connectivity index (χ3v) is 5.65. The van der Waals surface area contributed by atoms with E-state index in [0.29, 0.717) is 29.9 Å². The Labute approximate surface area is 164 Å². The Balaban J connectivity index is 1.68. The first-order valence-corrected chi connectivity index (χ1v) is 9.86. The summed E-state index contributed by atoms with van der Waals surface area (Å²) in [6.45, 7) is 2.77. The van der Waals surface area contributed by atoms with Gasteiger partial charge in [0, 0.05) is 35.9 Å². The van der Waals surface area contributed by atoms with Gasteiger partial charge in [0.1, 0.15) is 12.4 Å². The van der Waals surface area contributed by atoms with Gasteiger partial charge in [-0.1, -0.05) is 12.1 Å². The molecule has 0 spiro atoms. The zero-order valence-corrected chi connectivity index (χ0v) is 16.0. The van der Waals surface area contributed by atoms with Crippen LogP contribution in [0.3, 0.4) is 0 Å². The van der Waals surface area contributed by atoms with E-state index in [0.717, 1.165) is 36.9 Å². The van der Waals surface area contributed by atoms with Crippen LogP contribution < -0.4 is 5.32 Å². The van der Waals surface area contributed by atoms with Gasteiger partial charge in [-0.05, 0) is 50.3 Å². The normalized spacial score (nSPS) is 24.8. The maximum Gasteiger partial charge on any atom is 0.336 e. The second-order valence-corrected chi connectivity index (χ2v) is 7.59. The molecule has 3 aliphatic rings. The molecule has 0 amide bonds. The van der Waals surface area contributed by atoms with Crippen molar-refractivity contribution in [3.05, 3.63) is 52.4 Å². The minimum absolute atomic E-state index is 0.0559. The molecular weight excluding hydrogens is 358 g/mol. The molecular formula is C22H25NO5. The number of nitrogens with one attached hydrogen (secondary N) is 1. The van der Waals surface area contributed by atoms with Crippen LogP contribution in [0.4, 0.5) is 0 Å². The number of ketones is 1. The van der Waals surface area contributed by atoms with Crippen LogP contribution >= 0.6 is 0 Å². The summed E-state index contributed by atoms with van der Waals surface area (Å²) in [5.74, 6) is -0.709. The lowest BCUT2D eigenvalue weighted by atomic mass is 9.75. The SMILES string of the molecule is CC1=C(C(=O)OC[C@@H]2CCCO2)[C@H](c2ccc(O)cc2)C2=C(CCCC2=O)N1. The molecule has 4 rings (SSSR count). The number of hydrogen-bond acceptors (Lipinski definition) is 6. The fourth-order valence-electron chi connectivity index (χ4n) is 4.28. The first-order valence-electron chi connectivity index (χ1n) is 9.86. The number of carbonyl (C=O) groups excluding carboxylic acids is 2. The van der Waals surface area contributed by atoms with Crippen molar-refractivity contribution in [2.75, 3.05) is 13.2 Å². The molecule has 1 saturated heterocycles. The summed E-state index contributed by atoms with van der Waals surface area (Å²) in [7, 11) is 0. The highest BCUT2D eigenvalue weighted by atomic mass is 16.6. The van der Waals surface area contributed by atoms with Gasteiger partial charge in [-0.3, -0.25) is 4.79 Å². The molecule has 1 aromatic carbocycles. The highest BCUT2D eigenvalue weighted by molar-refractivity contribution is 6.03. The number of aromatic hydroxyl groups is 1. The molecule has 6 heteroatoms.